The highest BCUT2D eigenvalue weighted by Crippen LogP contribution is 2.22. The number of hydrogen-bond donors (Lipinski definition) is 2. The van der Waals surface area contributed by atoms with Gasteiger partial charge >= 0.3 is 6.03 Å². The van der Waals surface area contributed by atoms with Gasteiger partial charge in [0.05, 0.1) is 13.2 Å². The SMILES string of the molecule is COCCCn1cnnc1[C@H](C)NC(=O)Nc1ccc(C)c(OC)c1. The predicted octanol–water partition coefficient (Wildman–Crippen LogP) is 2.51. The molecule has 0 unspecified atom stereocenters. The molecule has 8 heteroatoms. The molecule has 0 aliphatic rings. The standard InChI is InChI=1S/C17H25N5O3/c1-12-6-7-14(10-15(12)25-4)20-17(23)19-13(2)16-21-18-11-22(16)8-5-9-24-3/h6-7,10-11,13H,5,8-9H2,1-4H3,(H2,19,20,23)/t13-/m0/s1. The van der Waals surface area contributed by atoms with Crippen LogP contribution in [0.15, 0.2) is 24.5 Å². The fourth-order valence-electron chi connectivity index (χ4n) is 2.48. The van der Waals surface area contributed by atoms with Gasteiger partial charge in [0, 0.05) is 32.0 Å². The van der Waals surface area contributed by atoms with Crippen LogP contribution in [0, 0.1) is 6.92 Å². The summed E-state index contributed by atoms with van der Waals surface area (Å²) in [5.74, 6) is 1.43. The first-order valence-electron chi connectivity index (χ1n) is 8.14. The maximum atomic E-state index is 12.2. The fraction of sp³-hybridized carbons (Fsp3) is 0.471. The number of methoxy groups -OCH3 is 2. The number of carbonyl (C=O) groups is 1. The number of urea groups is 1. The number of anilines is 1. The summed E-state index contributed by atoms with van der Waals surface area (Å²) in [6.07, 6.45) is 2.51. The number of aryl methyl sites for hydroxylation is 2. The molecule has 2 rings (SSSR count). The summed E-state index contributed by atoms with van der Waals surface area (Å²) in [6, 6.07) is 4.91. The van der Waals surface area contributed by atoms with E-state index in [0.29, 0.717) is 18.1 Å². The van der Waals surface area contributed by atoms with Gasteiger partial charge < -0.3 is 24.7 Å². The molecule has 0 radical (unpaired) electrons. The number of carbonyl (C=O) groups excluding carboxylic acids is 1. The topological polar surface area (TPSA) is 90.3 Å². The molecule has 8 nitrogen and oxygen atoms in total. The molecule has 0 fully saturated rings. The molecule has 0 aliphatic carbocycles. The van der Waals surface area contributed by atoms with Crippen molar-refractivity contribution < 1.29 is 14.3 Å². The summed E-state index contributed by atoms with van der Waals surface area (Å²) >= 11 is 0. The highest BCUT2D eigenvalue weighted by atomic mass is 16.5. The van der Waals surface area contributed by atoms with Crippen molar-refractivity contribution in [2.24, 2.45) is 0 Å². The van der Waals surface area contributed by atoms with Crippen LogP contribution in [0.25, 0.3) is 0 Å². The Morgan fingerprint density at radius 3 is 2.88 bits per heavy atom. The monoisotopic (exact) mass is 347 g/mol. The molecule has 0 saturated heterocycles. The van der Waals surface area contributed by atoms with Crippen molar-refractivity contribution in [2.45, 2.75) is 32.9 Å². The van der Waals surface area contributed by atoms with Gasteiger partial charge in [-0.15, -0.1) is 10.2 Å². The van der Waals surface area contributed by atoms with Gasteiger partial charge in [-0.1, -0.05) is 6.07 Å². The summed E-state index contributed by atoms with van der Waals surface area (Å²) < 4.78 is 12.2. The zero-order valence-electron chi connectivity index (χ0n) is 15.1. The van der Waals surface area contributed by atoms with Gasteiger partial charge in [0.15, 0.2) is 5.82 Å². The molecular weight excluding hydrogens is 322 g/mol. The highest BCUT2D eigenvalue weighted by molar-refractivity contribution is 5.89. The molecule has 1 aromatic carbocycles. The third-order valence-corrected chi connectivity index (χ3v) is 3.79. The zero-order valence-corrected chi connectivity index (χ0v) is 15.1. The Labute approximate surface area is 147 Å². The minimum atomic E-state index is -0.315. The molecule has 2 aromatic rings. The molecule has 1 heterocycles. The molecule has 0 spiro atoms. The minimum Gasteiger partial charge on any atom is -0.496 e. The van der Waals surface area contributed by atoms with Crippen molar-refractivity contribution in [1.82, 2.24) is 20.1 Å². The highest BCUT2D eigenvalue weighted by Gasteiger charge is 2.16. The van der Waals surface area contributed by atoms with Crippen LogP contribution in [0.1, 0.15) is 30.8 Å². The Kier molecular flexibility index (Phi) is 6.76. The first-order chi connectivity index (χ1) is 12.0. The van der Waals surface area contributed by atoms with E-state index in [2.05, 4.69) is 20.8 Å². The molecule has 0 aliphatic heterocycles. The van der Waals surface area contributed by atoms with E-state index in [1.807, 2.05) is 30.5 Å². The normalized spacial score (nSPS) is 11.8. The predicted molar refractivity (Wildman–Crippen MR) is 94.8 cm³/mol. The fourth-order valence-corrected chi connectivity index (χ4v) is 2.48. The van der Waals surface area contributed by atoms with Crippen molar-refractivity contribution in [3.8, 4) is 5.75 Å². The Bertz CT molecular complexity index is 701. The zero-order chi connectivity index (χ0) is 18.2. The third kappa shape index (κ3) is 5.18. The summed E-state index contributed by atoms with van der Waals surface area (Å²) in [4.78, 5) is 12.2. The van der Waals surface area contributed by atoms with Gasteiger partial charge in [0.1, 0.15) is 12.1 Å². The second-order valence-electron chi connectivity index (χ2n) is 5.73. The third-order valence-electron chi connectivity index (χ3n) is 3.79. The van der Waals surface area contributed by atoms with Crippen LogP contribution in [0.5, 0.6) is 5.75 Å². The molecule has 1 atom stereocenters. The van der Waals surface area contributed by atoms with Crippen LogP contribution >= 0.6 is 0 Å². The Morgan fingerprint density at radius 1 is 1.36 bits per heavy atom. The first-order valence-corrected chi connectivity index (χ1v) is 8.14. The van der Waals surface area contributed by atoms with Crippen LogP contribution in [-0.2, 0) is 11.3 Å². The second kappa shape index (κ2) is 9.03. The van der Waals surface area contributed by atoms with E-state index in [-0.39, 0.29) is 12.1 Å². The minimum absolute atomic E-state index is 0.280. The molecule has 1 aromatic heterocycles. The average molecular weight is 347 g/mol. The van der Waals surface area contributed by atoms with Gasteiger partial charge in [0.2, 0.25) is 0 Å². The second-order valence-corrected chi connectivity index (χ2v) is 5.73. The molecule has 0 bridgehead atoms. The van der Waals surface area contributed by atoms with Crippen molar-refractivity contribution >= 4 is 11.7 Å². The Hall–Kier alpha value is -2.61. The Morgan fingerprint density at radius 2 is 2.16 bits per heavy atom. The number of nitrogens with one attached hydrogen (secondary N) is 2. The largest absolute Gasteiger partial charge is 0.496 e. The molecule has 2 amide bonds. The summed E-state index contributed by atoms with van der Waals surface area (Å²) in [7, 11) is 3.27. The van der Waals surface area contributed by atoms with E-state index in [9.17, 15) is 4.79 Å². The first kappa shape index (κ1) is 18.7. The van der Waals surface area contributed by atoms with Gasteiger partial charge in [-0.05, 0) is 31.9 Å². The van der Waals surface area contributed by atoms with E-state index in [1.54, 1.807) is 26.6 Å². The lowest BCUT2D eigenvalue weighted by Crippen LogP contribution is -2.32. The summed E-state index contributed by atoms with van der Waals surface area (Å²) in [5, 5.41) is 13.7. The number of nitrogens with zero attached hydrogens (tertiary/aromatic N) is 3. The molecule has 2 N–H and O–H groups in total. The van der Waals surface area contributed by atoms with Gasteiger partial charge in [0.25, 0.3) is 0 Å². The molecule has 0 saturated carbocycles. The van der Waals surface area contributed by atoms with E-state index < -0.39 is 0 Å². The maximum Gasteiger partial charge on any atom is 0.319 e. The number of rotatable bonds is 8. The number of benzene rings is 1. The van der Waals surface area contributed by atoms with Gasteiger partial charge in [-0.3, -0.25) is 0 Å². The Balaban J connectivity index is 1.95. The van der Waals surface area contributed by atoms with E-state index in [4.69, 9.17) is 9.47 Å². The van der Waals surface area contributed by atoms with Crippen molar-refractivity contribution in [3.05, 3.63) is 35.9 Å². The number of hydrogen-bond acceptors (Lipinski definition) is 5. The molecule has 136 valence electrons. The molecular formula is C17H25N5O3. The van der Waals surface area contributed by atoms with Gasteiger partial charge in [-0.2, -0.15) is 0 Å². The lowest BCUT2D eigenvalue weighted by atomic mass is 10.2. The average Bonchev–Trinajstić information content (AvgIpc) is 3.05. The van der Waals surface area contributed by atoms with Gasteiger partial charge in [-0.25, -0.2) is 4.79 Å². The number of ether oxygens (including phenoxy) is 2. The van der Waals surface area contributed by atoms with Crippen LogP contribution in [0.2, 0.25) is 0 Å². The van der Waals surface area contributed by atoms with E-state index in [1.165, 1.54) is 0 Å². The summed E-state index contributed by atoms with van der Waals surface area (Å²) in [5.41, 5.74) is 1.67. The van der Waals surface area contributed by atoms with Crippen LogP contribution in [0.3, 0.4) is 0 Å². The molecule has 25 heavy (non-hydrogen) atoms. The van der Waals surface area contributed by atoms with Crippen molar-refractivity contribution in [3.63, 3.8) is 0 Å². The quantitative estimate of drug-likeness (QED) is 0.716. The smallest absolute Gasteiger partial charge is 0.319 e. The van der Waals surface area contributed by atoms with Crippen LogP contribution in [-0.4, -0.2) is 41.6 Å². The summed E-state index contributed by atoms with van der Waals surface area (Å²) in [6.45, 7) is 5.21. The number of aromatic nitrogens is 3. The van der Waals surface area contributed by atoms with Crippen LogP contribution < -0.4 is 15.4 Å². The van der Waals surface area contributed by atoms with Crippen molar-refractivity contribution in [2.75, 3.05) is 26.1 Å². The van der Waals surface area contributed by atoms with Crippen molar-refractivity contribution in [1.29, 1.82) is 0 Å². The van der Waals surface area contributed by atoms with E-state index >= 15 is 0 Å². The van der Waals surface area contributed by atoms with Crippen LogP contribution in [0.4, 0.5) is 10.5 Å². The number of amides is 2. The lowest BCUT2D eigenvalue weighted by molar-refractivity contribution is 0.189. The maximum absolute atomic E-state index is 12.2. The lowest BCUT2D eigenvalue weighted by Gasteiger charge is -2.16. The van der Waals surface area contributed by atoms with E-state index in [0.717, 1.165) is 24.3 Å².